The van der Waals surface area contributed by atoms with Gasteiger partial charge in [-0.3, -0.25) is 0 Å². The summed E-state index contributed by atoms with van der Waals surface area (Å²) in [7, 11) is 0. The Hall–Kier alpha value is -2.58. The number of nitrogens with zero attached hydrogens (tertiary/aromatic N) is 2. The molecule has 0 aliphatic carbocycles. The number of carbonyl (C=O) groups is 3. The van der Waals surface area contributed by atoms with E-state index in [1.165, 1.54) is 12.5 Å². The first kappa shape index (κ1) is 24.5. The summed E-state index contributed by atoms with van der Waals surface area (Å²) in [6.45, 7) is 15.1. The number of imide groups is 1. The Bertz CT molecular complexity index is 680. The fraction of sp³-hybridized carbons (Fsp3) is 0.700. The van der Waals surface area contributed by atoms with Crippen LogP contribution in [0.15, 0.2) is 12.5 Å². The molecule has 9 nitrogen and oxygen atoms in total. The fourth-order valence-corrected chi connectivity index (χ4v) is 2.21. The Kier molecular flexibility index (Phi) is 7.45. The largest absolute Gasteiger partial charge is 0.458 e. The molecule has 0 aliphatic heterocycles. The number of ether oxygens (including phenoxy) is 3. The van der Waals surface area contributed by atoms with Gasteiger partial charge in [-0.25, -0.2) is 19.4 Å². The van der Waals surface area contributed by atoms with Crippen molar-refractivity contribution in [2.24, 2.45) is 0 Å². The molecule has 1 heterocycles. The first-order chi connectivity index (χ1) is 13.0. The lowest BCUT2D eigenvalue weighted by Crippen LogP contribution is -2.54. The number of esters is 1. The van der Waals surface area contributed by atoms with Crippen LogP contribution >= 0.6 is 0 Å². The zero-order valence-corrected chi connectivity index (χ0v) is 18.8. The molecule has 0 unspecified atom stereocenters. The topological polar surface area (TPSA) is 111 Å². The molecule has 1 aromatic heterocycles. The molecule has 2 amide bonds. The van der Waals surface area contributed by atoms with E-state index in [2.05, 4.69) is 9.97 Å². The molecule has 0 radical (unpaired) electrons. The van der Waals surface area contributed by atoms with Crippen molar-refractivity contribution in [1.29, 1.82) is 0 Å². The monoisotopic (exact) mass is 411 g/mol. The van der Waals surface area contributed by atoms with E-state index in [1.807, 2.05) is 0 Å². The van der Waals surface area contributed by atoms with Gasteiger partial charge in [0.05, 0.1) is 6.33 Å². The molecule has 0 fully saturated rings. The Labute approximate surface area is 172 Å². The van der Waals surface area contributed by atoms with Gasteiger partial charge in [0.25, 0.3) is 0 Å². The van der Waals surface area contributed by atoms with Crippen molar-refractivity contribution in [3.05, 3.63) is 18.2 Å². The third-order valence-electron chi connectivity index (χ3n) is 3.14. The van der Waals surface area contributed by atoms with Crippen molar-refractivity contribution < 1.29 is 28.6 Å². The standard InChI is InChI=1S/C20H33N3O6/c1-18(2,3)27-15(24)14(10-13-11-21-12-22-13)23(16(25)28-19(4,5)6)17(26)29-20(7,8)9/h11-12,14H,10H2,1-9H3,(H,21,22)/t14-/m0/s1. The molecule has 0 saturated carbocycles. The minimum atomic E-state index is -1.31. The highest BCUT2D eigenvalue weighted by Crippen LogP contribution is 2.21. The summed E-state index contributed by atoms with van der Waals surface area (Å²) in [5, 5.41) is 0. The second-order valence-electron chi connectivity index (χ2n) is 9.66. The van der Waals surface area contributed by atoms with Crippen molar-refractivity contribution in [2.45, 2.75) is 91.6 Å². The number of aromatic nitrogens is 2. The van der Waals surface area contributed by atoms with Crippen LogP contribution < -0.4 is 0 Å². The van der Waals surface area contributed by atoms with E-state index >= 15 is 0 Å². The van der Waals surface area contributed by atoms with Gasteiger partial charge >= 0.3 is 18.2 Å². The molecule has 29 heavy (non-hydrogen) atoms. The summed E-state index contributed by atoms with van der Waals surface area (Å²) >= 11 is 0. The second-order valence-corrected chi connectivity index (χ2v) is 9.66. The van der Waals surface area contributed by atoms with E-state index in [4.69, 9.17) is 14.2 Å². The third-order valence-corrected chi connectivity index (χ3v) is 3.14. The predicted molar refractivity (Wildman–Crippen MR) is 106 cm³/mol. The zero-order chi connectivity index (χ0) is 22.6. The van der Waals surface area contributed by atoms with Gasteiger partial charge in [0.2, 0.25) is 0 Å². The SMILES string of the molecule is CC(C)(C)OC(=O)[C@H](Cc1cnc[nH]1)N(C(=O)OC(C)(C)C)C(=O)OC(C)(C)C. The summed E-state index contributed by atoms with van der Waals surface area (Å²) in [5.74, 6) is -0.760. The first-order valence-electron chi connectivity index (χ1n) is 9.44. The number of amides is 2. The average molecular weight is 411 g/mol. The molecule has 0 bridgehead atoms. The maximum absolute atomic E-state index is 13.0. The van der Waals surface area contributed by atoms with E-state index in [1.54, 1.807) is 62.3 Å². The molecule has 164 valence electrons. The Morgan fingerprint density at radius 2 is 1.34 bits per heavy atom. The van der Waals surface area contributed by atoms with Crippen LogP contribution in [0.2, 0.25) is 0 Å². The number of aromatic amines is 1. The molecule has 1 aromatic rings. The Balaban J connectivity index is 3.36. The van der Waals surface area contributed by atoms with Crippen molar-refractivity contribution in [1.82, 2.24) is 14.9 Å². The molecular weight excluding hydrogens is 378 g/mol. The summed E-state index contributed by atoms with van der Waals surface area (Å²) in [5.41, 5.74) is -2.05. The van der Waals surface area contributed by atoms with Crippen LogP contribution in [-0.4, -0.2) is 55.9 Å². The summed E-state index contributed by atoms with van der Waals surface area (Å²) in [4.78, 5) is 46.2. The first-order valence-corrected chi connectivity index (χ1v) is 9.44. The van der Waals surface area contributed by atoms with E-state index in [-0.39, 0.29) is 6.42 Å². The van der Waals surface area contributed by atoms with Crippen LogP contribution in [0.3, 0.4) is 0 Å². The predicted octanol–water partition coefficient (Wildman–Crippen LogP) is 3.83. The van der Waals surface area contributed by atoms with Crippen LogP contribution in [0.4, 0.5) is 9.59 Å². The molecule has 1 rings (SSSR count). The lowest BCUT2D eigenvalue weighted by molar-refractivity contribution is -0.161. The van der Waals surface area contributed by atoms with Crippen LogP contribution in [0.25, 0.3) is 0 Å². The molecular formula is C20H33N3O6. The second kappa shape index (κ2) is 8.84. The van der Waals surface area contributed by atoms with Gasteiger partial charge < -0.3 is 19.2 Å². The Morgan fingerprint density at radius 1 is 0.897 bits per heavy atom. The van der Waals surface area contributed by atoms with Crippen LogP contribution in [-0.2, 0) is 25.4 Å². The van der Waals surface area contributed by atoms with Crippen molar-refractivity contribution in [3.8, 4) is 0 Å². The Morgan fingerprint density at radius 3 is 1.69 bits per heavy atom. The molecule has 0 spiro atoms. The lowest BCUT2D eigenvalue weighted by atomic mass is 10.1. The van der Waals surface area contributed by atoms with Crippen molar-refractivity contribution in [2.75, 3.05) is 0 Å². The summed E-state index contributed by atoms with van der Waals surface area (Å²) < 4.78 is 16.2. The summed E-state index contributed by atoms with van der Waals surface area (Å²) in [6.07, 6.45) is 0.907. The van der Waals surface area contributed by atoms with Gasteiger partial charge in [-0.2, -0.15) is 4.90 Å². The maximum atomic E-state index is 13.0. The highest BCUT2D eigenvalue weighted by Gasteiger charge is 2.42. The molecule has 9 heteroatoms. The summed E-state index contributed by atoms with van der Waals surface area (Å²) in [6, 6.07) is -1.31. The average Bonchev–Trinajstić information content (AvgIpc) is 2.93. The van der Waals surface area contributed by atoms with E-state index in [0.29, 0.717) is 10.6 Å². The quantitative estimate of drug-likeness (QED) is 0.592. The third kappa shape index (κ3) is 8.97. The van der Waals surface area contributed by atoms with Crippen molar-refractivity contribution >= 4 is 18.2 Å². The van der Waals surface area contributed by atoms with Crippen molar-refractivity contribution in [3.63, 3.8) is 0 Å². The number of H-pyrrole nitrogens is 1. The highest BCUT2D eigenvalue weighted by molar-refractivity contribution is 5.94. The van der Waals surface area contributed by atoms with Crippen LogP contribution in [0, 0.1) is 0 Å². The van der Waals surface area contributed by atoms with Gasteiger partial charge in [0.15, 0.2) is 0 Å². The number of imidazole rings is 1. The van der Waals surface area contributed by atoms with Gasteiger partial charge in [-0.15, -0.1) is 0 Å². The van der Waals surface area contributed by atoms with Crippen LogP contribution in [0.1, 0.15) is 68.0 Å². The zero-order valence-electron chi connectivity index (χ0n) is 18.8. The molecule has 0 aromatic carbocycles. The maximum Gasteiger partial charge on any atom is 0.420 e. The highest BCUT2D eigenvalue weighted by atomic mass is 16.6. The smallest absolute Gasteiger partial charge is 0.420 e. The van der Waals surface area contributed by atoms with E-state index in [0.717, 1.165) is 0 Å². The number of carbonyl (C=O) groups excluding carboxylic acids is 3. The number of hydrogen-bond donors (Lipinski definition) is 1. The number of rotatable bonds is 4. The number of nitrogens with one attached hydrogen (secondary N) is 1. The van der Waals surface area contributed by atoms with Gasteiger partial charge in [-0.1, -0.05) is 0 Å². The molecule has 0 saturated heterocycles. The fourth-order valence-electron chi connectivity index (χ4n) is 2.21. The minimum Gasteiger partial charge on any atom is -0.458 e. The minimum absolute atomic E-state index is 0.0343. The van der Waals surface area contributed by atoms with Gasteiger partial charge in [-0.05, 0) is 62.3 Å². The molecule has 0 aliphatic rings. The molecule has 1 atom stereocenters. The lowest BCUT2D eigenvalue weighted by Gasteiger charge is -2.33. The number of hydrogen-bond acceptors (Lipinski definition) is 7. The van der Waals surface area contributed by atoms with Gasteiger partial charge in [0.1, 0.15) is 22.8 Å². The van der Waals surface area contributed by atoms with E-state index < -0.39 is 41.0 Å². The van der Waals surface area contributed by atoms with Gasteiger partial charge in [0, 0.05) is 18.3 Å². The normalized spacial score (nSPS) is 13.4. The molecule has 1 N–H and O–H groups in total. The van der Waals surface area contributed by atoms with E-state index in [9.17, 15) is 14.4 Å². The van der Waals surface area contributed by atoms with Crippen LogP contribution in [0.5, 0.6) is 0 Å².